The number of fused-ring (bicyclic) bond motifs is 1. The Bertz CT molecular complexity index is 578. The van der Waals surface area contributed by atoms with Crippen LogP contribution in [0.15, 0.2) is 42.5 Å². The van der Waals surface area contributed by atoms with E-state index in [1.807, 2.05) is 37.3 Å². The van der Waals surface area contributed by atoms with Crippen molar-refractivity contribution in [2.24, 2.45) is 0 Å². The van der Waals surface area contributed by atoms with Gasteiger partial charge in [-0.15, -0.1) is 0 Å². The maximum Gasteiger partial charge on any atom is 0.239 e. The molecule has 1 amide bonds. The van der Waals surface area contributed by atoms with Gasteiger partial charge in [-0.05, 0) is 18.4 Å². The third-order valence-electron chi connectivity index (χ3n) is 3.05. The third-order valence-corrected chi connectivity index (χ3v) is 3.05. The molecule has 0 spiro atoms. The normalized spacial score (nSPS) is 12.1. The molecule has 2 N–H and O–H groups in total. The van der Waals surface area contributed by atoms with Crippen LogP contribution in [0.25, 0.3) is 10.8 Å². The molecule has 0 aliphatic carbocycles. The van der Waals surface area contributed by atoms with Crippen molar-refractivity contribution in [2.75, 3.05) is 25.6 Å². The number of carbonyl (C=O) groups excluding carboxylic acids is 1. The van der Waals surface area contributed by atoms with Crippen molar-refractivity contribution < 1.29 is 9.53 Å². The average Bonchev–Trinajstić information content (AvgIpc) is 2.45. The molecule has 4 heteroatoms. The van der Waals surface area contributed by atoms with Gasteiger partial charge in [-0.3, -0.25) is 4.79 Å². The summed E-state index contributed by atoms with van der Waals surface area (Å²) in [4.78, 5) is 11.8. The van der Waals surface area contributed by atoms with Gasteiger partial charge in [0, 0.05) is 24.2 Å². The van der Waals surface area contributed by atoms with Crippen LogP contribution in [0.2, 0.25) is 0 Å². The van der Waals surface area contributed by atoms with Gasteiger partial charge in [-0.2, -0.15) is 0 Å². The highest BCUT2D eigenvalue weighted by Crippen LogP contribution is 2.22. The molecule has 2 rings (SSSR count). The molecule has 0 bridgehead atoms. The zero-order valence-corrected chi connectivity index (χ0v) is 11.8. The summed E-state index contributed by atoms with van der Waals surface area (Å²) in [6, 6.07) is 14.1. The molecular formula is C16H20N2O2. The first-order valence-electron chi connectivity index (χ1n) is 6.70. The van der Waals surface area contributed by atoms with Crippen LogP contribution in [0.4, 0.5) is 5.69 Å². The van der Waals surface area contributed by atoms with E-state index < -0.39 is 0 Å². The largest absolute Gasteiger partial charge is 0.383 e. The van der Waals surface area contributed by atoms with Gasteiger partial charge in [0.05, 0.1) is 13.2 Å². The van der Waals surface area contributed by atoms with Crippen LogP contribution in [-0.4, -0.2) is 32.2 Å². The fraction of sp³-hybridized carbons (Fsp3) is 0.312. The summed E-state index contributed by atoms with van der Waals surface area (Å²) in [6.07, 6.45) is 0. The summed E-state index contributed by atoms with van der Waals surface area (Å²) in [7, 11) is 1.62. The molecule has 1 unspecified atom stereocenters. The molecule has 0 aromatic heterocycles. The van der Waals surface area contributed by atoms with Gasteiger partial charge in [-0.1, -0.05) is 36.4 Å². The number of rotatable bonds is 6. The van der Waals surface area contributed by atoms with E-state index in [9.17, 15) is 4.79 Å². The second-order valence-electron chi connectivity index (χ2n) is 4.80. The highest BCUT2D eigenvalue weighted by Gasteiger charge is 2.07. The molecule has 0 aliphatic heterocycles. The zero-order chi connectivity index (χ0) is 14.4. The number of hydrogen-bond acceptors (Lipinski definition) is 3. The third kappa shape index (κ3) is 3.71. The Hall–Kier alpha value is -2.07. The number of anilines is 1. The molecule has 0 saturated heterocycles. The van der Waals surface area contributed by atoms with E-state index in [4.69, 9.17) is 4.74 Å². The number of carbonyl (C=O) groups is 1. The lowest BCUT2D eigenvalue weighted by atomic mass is 10.1. The van der Waals surface area contributed by atoms with Gasteiger partial charge in [0.15, 0.2) is 0 Å². The van der Waals surface area contributed by atoms with E-state index in [0.717, 1.165) is 16.5 Å². The quantitative estimate of drug-likeness (QED) is 0.849. The SMILES string of the molecule is COCC(C)NC(=O)CNc1cccc2ccccc12. The first kappa shape index (κ1) is 14.3. The van der Waals surface area contributed by atoms with Crippen molar-refractivity contribution >= 4 is 22.4 Å². The van der Waals surface area contributed by atoms with E-state index in [1.54, 1.807) is 7.11 Å². The summed E-state index contributed by atoms with van der Waals surface area (Å²) in [5.74, 6) is -0.0394. The maximum atomic E-state index is 11.8. The lowest BCUT2D eigenvalue weighted by Crippen LogP contribution is -2.39. The van der Waals surface area contributed by atoms with Crippen molar-refractivity contribution in [3.05, 3.63) is 42.5 Å². The van der Waals surface area contributed by atoms with Gasteiger partial charge >= 0.3 is 0 Å². The molecule has 20 heavy (non-hydrogen) atoms. The fourth-order valence-electron chi connectivity index (χ4n) is 2.17. The first-order valence-corrected chi connectivity index (χ1v) is 6.70. The minimum atomic E-state index is -0.0394. The predicted octanol–water partition coefficient (Wildman–Crippen LogP) is 2.40. The molecular weight excluding hydrogens is 252 g/mol. The molecule has 0 radical (unpaired) electrons. The number of ether oxygens (including phenoxy) is 1. The Morgan fingerprint density at radius 3 is 2.75 bits per heavy atom. The second-order valence-corrected chi connectivity index (χ2v) is 4.80. The Balaban J connectivity index is 1.97. The van der Waals surface area contributed by atoms with E-state index in [-0.39, 0.29) is 18.5 Å². The van der Waals surface area contributed by atoms with Crippen LogP contribution in [0, 0.1) is 0 Å². The average molecular weight is 272 g/mol. The Morgan fingerprint density at radius 2 is 1.95 bits per heavy atom. The monoisotopic (exact) mass is 272 g/mol. The van der Waals surface area contributed by atoms with E-state index in [2.05, 4.69) is 22.8 Å². The van der Waals surface area contributed by atoms with Gasteiger partial charge < -0.3 is 15.4 Å². The molecule has 106 valence electrons. The van der Waals surface area contributed by atoms with Crippen LogP contribution >= 0.6 is 0 Å². The minimum Gasteiger partial charge on any atom is -0.383 e. The van der Waals surface area contributed by atoms with Crippen molar-refractivity contribution in [1.29, 1.82) is 0 Å². The van der Waals surface area contributed by atoms with Crippen LogP contribution in [0.1, 0.15) is 6.92 Å². The van der Waals surface area contributed by atoms with E-state index in [0.29, 0.717) is 6.61 Å². The fourth-order valence-corrected chi connectivity index (χ4v) is 2.17. The predicted molar refractivity (Wildman–Crippen MR) is 81.9 cm³/mol. The van der Waals surface area contributed by atoms with Crippen LogP contribution in [-0.2, 0) is 9.53 Å². The van der Waals surface area contributed by atoms with Crippen molar-refractivity contribution in [3.8, 4) is 0 Å². The number of methoxy groups -OCH3 is 1. The molecule has 0 heterocycles. The van der Waals surface area contributed by atoms with Crippen LogP contribution in [0.5, 0.6) is 0 Å². The van der Waals surface area contributed by atoms with Crippen LogP contribution in [0.3, 0.4) is 0 Å². The van der Waals surface area contributed by atoms with Gasteiger partial charge in [0.1, 0.15) is 0 Å². The van der Waals surface area contributed by atoms with Crippen molar-refractivity contribution in [1.82, 2.24) is 5.32 Å². The topological polar surface area (TPSA) is 50.4 Å². The van der Waals surface area contributed by atoms with Gasteiger partial charge in [-0.25, -0.2) is 0 Å². The van der Waals surface area contributed by atoms with Crippen molar-refractivity contribution in [2.45, 2.75) is 13.0 Å². The minimum absolute atomic E-state index is 0.0156. The number of nitrogens with one attached hydrogen (secondary N) is 2. The molecule has 1 atom stereocenters. The summed E-state index contributed by atoms with van der Waals surface area (Å²) < 4.78 is 4.99. The highest BCUT2D eigenvalue weighted by atomic mass is 16.5. The van der Waals surface area contributed by atoms with Crippen LogP contribution < -0.4 is 10.6 Å². The van der Waals surface area contributed by atoms with E-state index in [1.165, 1.54) is 0 Å². The summed E-state index contributed by atoms with van der Waals surface area (Å²) in [6.45, 7) is 2.68. The van der Waals surface area contributed by atoms with Gasteiger partial charge in [0.2, 0.25) is 5.91 Å². The first-order chi connectivity index (χ1) is 9.70. The standard InChI is InChI=1S/C16H20N2O2/c1-12(11-20-2)18-16(19)10-17-15-9-5-7-13-6-3-4-8-14(13)15/h3-9,12,17H,10-11H2,1-2H3,(H,18,19). The summed E-state index contributed by atoms with van der Waals surface area (Å²) in [5.41, 5.74) is 0.970. The molecule has 4 nitrogen and oxygen atoms in total. The highest BCUT2D eigenvalue weighted by molar-refractivity contribution is 5.95. The molecule has 2 aromatic carbocycles. The second kappa shape index (κ2) is 6.91. The van der Waals surface area contributed by atoms with Gasteiger partial charge in [0.25, 0.3) is 0 Å². The number of benzene rings is 2. The Kier molecular flexibility index (Phi) is 4.96. The molecule has 2 aromatic rings. The zero-order valence-electron chi connectivity index (χ0n) is 11.8. The van der Waals surface area contributed by atoms with E-state index >= 15 is 0 Å². The van der Waals surface area contributed by atoms with Crippen molar-refractivity contribution in [3.63, 3.8) is 0 Å². The maximum absolute atomic E-state index is 11.8. The molecule has 0 saturated carbocycles. The lowest BCUT2D eigenvalue weighted by molar-refractivity contribution is -0.120. The Labute approximate surface area is 119 Å². The molecule has 0 fully saturated rings. The number of hydrogen-bond donors (Lipinski definition) is 2. The summed E-state index contributed by atoms with van der Waals surface area (Å²) in [5, 5.41) is 8.33. The summed E-state index contributed by atoms with van der Waals surface area (Å²) >= 11 is 0. The smallest absolute Gasteiger partial charge is 0.239 e. The molecule has 0 aliphatic rings. The number of amides is 1. The Morgan fingerprint density at radius 1 is 1.20 bits per heavy atom. The lowest BCUT2D eigenvalue weighted by Gasteiger charge is -2.14.